The number of primary amides is 1. The van der Waals surface area contributed by atoms with Gasteiger partial charge in [0.25, 0.3) is 0 Å². The predicted molar refractivity (Wildman–Crippen MR) is 49.6 cm³/mol. The molecule has 1 amide bonds. The molecule has 0 radical (unpaired) electrons. The minimum Gasteiger partial charge on any atom is -0.502 e. The van der Waals surface area contributed by atoms with Crippen LogP contribution in [0.3, 0.4) is 0 Å². The molecule has 0 atom stereocenters. The van der Waals surface area contributed by atoms with Gasteiger partial charge in [-0.25, -0.2) is 0 Å². The molecule has 76 valence electrons. The Morgan fingerprint density at radius 2 is 1.93 bits per heavy atom. The molecule has 0 unspecified atom stereocenters. The van der Waals surface area contributed by atoms with Crippen molar-refractivity contribution in [2.45, 2.75) is 6.92 Å². The lowest BCUT2D eigenvalue weighted by molar-refractivity contribution is -0.385. The van der Waals surface area contributed by atoms with Crippen molar-refractivity contribution in [1.82, 2.24) is 0 Å². The number of carbonyl (C=O) groups is 1. The van der Waals surface area contributed by atoms with Gasteiger partial charge >= 0.3 is 5.69 Å². The molecule has 1 aromatic rings. The van der Waals surface area contributed by atoms with Crippen molar-refractivity contribution in [3.8, 4) is 5.75 Å². The maximum Gasteiger partial charge on any atom is 0.310 e. The zero-order chi connectivity index (χ0) is 11.1. The van der Waals surface area contributed by atoms with E-state index in [-0.39, 0.29) is 17.3 Å². The Labute approximate surface area is 80.1 Å². The third-order valence-corrected chi connectivity index (χ3v) is 1.08. The molecule has 3 N–H and O–H groups in total. The van der Waals surface area contributed by atoms with Crippen LogP contribution < -0.4 is 5.73 Å². The highest BCUT2D eigenvalue weighted by Gasteiger charge is 2.09. The molecule has 0 aliphatic heterocycles. The number of nitrogens with zero attached hydrogens (tertiary/aromatic N) is 1. The van der Waals surface area contributed by atoms with Crippen LogP contribution in [-0.2, 0) is 4.79 Å². The second-order valence-electron chi connectivity index (χ2n) is 2.36. The normalized spacial score (nSPS) is 8.36. The first-order valence-electron chi connectivity index (χ1n) is 3.63. The molecule has 0 aliphatic rings. The van der Waals surface area contributed by atoms with Crippen molar-refractivity contribution < 1.29 is 14.8 Å². The summed E-state index contributed by atoms with van der Waals surface area (Å²) in [7, 11) is 0. The van der Waals surface area contributed by atoms with Crippen LogP contribution >= 0.6 is 0 Å². The van der Waals surface area contributed by atoms with Crippen molar-refractivity contribution in [3.63, 3.8) is 0 Å². The van der Waals surface area contributed by atoms with E-state index in [1.807, 2.05) is 0 Å². The summed E-state index contributed by atoms with van der Waals surface area (Å²) in [5.41, 5.74) is 4.21. The van der Waals surface area contributed by atoms with E-state index < -0.39 is 4.92 Å². The quantitative estimate of drug-likeness (QED) is 0.513. The van der Waals surface area contributed by atoms with Crippen LogP contribution in [0, 0.1) is 10.1 Å². The Morgan fingerprint density at radius 1 is 1.50 bits per heavy atom. The highest BCUT2D eigenvalue weighted by Crippen LogP contribution is 2.23. The van der Waals surface area contributed by atoms with E-state index in [9.17, 15) is 14.9 Å². The second-order valence-corrected chi connectivity index (χ2v) is 2.36. The van der Waals surface area contributed by atoms with Crippen LogP contribution in [0.5, 0.6) is 5.75 Å². The zero-order valence-electron chi connectivity index (χ0n) is 7.51. The van der Waals surface area contributed by atoms with E-state index in [4.69, 9.17) is 5.11 Å². The van der Waals surface area contributed by atoms with E-state index in [1.165, 1.54) is 31.2 Å². The van der Waals surface area contributed by atoms with Gasteiger partial charge in [-0.05, 0) is 6.07 Å². The molecule has 0 fully saturated rings. The Balaban J connectivity index is 0.000000364. The Hall–Kier alpha value is -2.11. The summed E-state index contributed by atoms with van der Waals surface area (Å²) in [6.45, 7) is 1.31. The minimum absolute atomic E-state index is 0.262. The number of nitro benzene ring substituents is 1. The van der Waals surface area contributed by atoms with Gasteiger partial charge in [0.15, 0.2) is 5.75 Å². The first-order chi connectivity index (χ1) is 6.45. The van der Waals surface area contributed by atoms with Gasteiger partial charge in [-0.1, -0.05) is 12.1 Å². The minimum atomic E-state index is -0.630. The molecule has 0 spiro atoms. The first-order valence-corrected chi connectivity index (χ1v) is 3.63. The molecular formula is C8H10N2O4. The van der Waals surface area contributed by atoms with Crippen LogP contribution in [0.2, 0.25) is 0 Å². The van der Waals surface area contributed by atoms with Crippen LogP contribution in [0.4, 0.5) is 5.69 Å². The molecule has 14 heavy (non-hydrogen) atoms. The number of hydrogen-bond donors (Lipinski definition) is 2. The summed E-state index contributed by atoms with van der Waals surface area (Å²) in [5, 5.41) is 18.9. The highest BCUT2D eigenvalue weighted by molar-refractivity contribution is 5.70. The SMILES string of the molecule is CC(N)=O.O=[N+]([O-])c1ccccc1O. The summed E-state index contributed by atoms with van der Waals surface area (Å²) in [6.07, 6.45) is 0. The third kappa shape index (κ3) is 4.70. The van der Waals surface area contributed by atoms with Crippen LogP contribution in [-0.4, -0.2) is 15.9 Å². The molecule has 0 saturated carbocycles. The van der Waals surface area contributed by atoms with Crippen LogP contribution in [0.15, 0.2) is 24.3 Å². The molecule has 0 saturated heterocycles. The fourth-order valence-electron chi connectivity index (χ4n) is 0.619. The number of hydrogen-bond acceptors (Lipinski definition) is 4. The summed E-state index contributed by atoms with van der Waals surface area (Å²) in [5.74, 6) is -0.632. The van der Waals surface area contributed by atoms with Gasteiger partial charge < -0.3 is 10.8 Å². The fraction of sp³-hybridized carbons (Fsp3) is 0.125. The Kier molecular flexibility index (Phi) is 4.69. The molecule has 6 nitrogen and oxygen atoms in total. The molecule has 0 aromatic heterocycles. The van der Waals surface area contributed by atoms with Gasteiger partial charge in [-0.3, -0.25) is 14.9 Å². The predicted octanol–water partition coefficient (Wildman–Crippen LogP) is 0.792. The summed E-state index contributed by atoms with van der Waals surface area (Å²) < 4.78 is 0. The zero-order valence-corrected chi connectivity index (χ0v) is 7.51. The topological polar surface area (TPSA) is 106 Å². The van der Waals surface area contributed by atoms with Crippen molar-refractivity contribution in [1.29, 1.82) is 0 Å². The van der Waals surface area contributed by atoms with Crippen LogP contribution in [0.1, 0.15) is 6.92 Å². The molecule has 0 heterocycles. The molecule has 0 bridgehead atoms. The largest absolute Gasteiger partial charge is 0.502 e. The lowest BCUT2D eigenvalue weighted by Crippen LogP contribution is -2.01. The number of phenols is 1. The molecule has 6 heteroatoms. The van der Waals surface area contributed by atoms with Gasteiger partial charge in [-0.15, -0.1) is 0 Å². The second kappa shape index (κ2) is 5.52. The van der Waals surface area contributed by atoms with E-state index >= 15 is 0 Å². The van der Waals surface area contributed by atoms with E-state index in [1.54, 1.807) is 0 Å². The maximum absolute atomic E-state index is 10.1. The number of nitrogens with two attached hydrogens (primary N) is 1. The number of carbonyl (C=O) groups excluding carboxylic acids is 1. The van der Waals surface area contributed by atoms with Gasteiger partial charge in [0.1, 0.15) is 0 Å². The van der Waals surface area contributed by atoms with E-state index in [0.717, 1.165) is 0 Å². The molecule has 0 aliphatic carbocycles. The van der Waals surface area contributed by atoms with Gasteiger partial charge in [-0.2, -0.15) is 0 Å². The average molecular weight is 198 g/mol. The van der Waals surface area contributed by atoms with Crippen LogP contribution in [0.25, 0.3) is 0 Å². The Bertz CT molecular complexity index is 334. The molecule has 1 rings (SSSR count). The average Bonchev–Trinajstić information content (AvgIpc) is 2.03. The van der Waals surface area contributed by atoms with Gasteiger partial charge in [0, 0.05) is 13.0 Å². The van der Waals surface area contributed by atoms with Crippen molar-refractivity contribution in [2.24, 2.45) is 5.73 Å². The number of benzene rings is 1. The highest BCUT2D eigenvalue weighted by atomic mass is 16.6. The summed E-state index contributed by atoms with van der Waals surface area (Å²) in [6, 6.07) is 5.55. The van der Waals surface area contributed by atoms with Gasteiger partial charge in [0.2, 0.25) is 5.91 Å². The first kappa shape index (κ1) is 11.9. The van der Waals surface area contributed by atoms with E-state index in [2.05, 4.69) is 5.73 Å². The van der Waals surface area contributed by atoms with Crippen molar-refractivity contribution in [3.05, 3.63) is 34.4 Å². The maximum atomic E-state index is 10.1. The number of rotatable bonds is 1. The summed E-state index contributed by atoms with van der Waals surface area (Å²) >= 11 is 0. The van der Waals surface area contributed by atoms with Crippen molar-refractivity contribution >= 4 is 11.6 Å². The summed E-state index contributed by atoms with van der Waals surface area (Å²) in [4.78, 5) is 18.7. The number of nitro groups is 1. The van der Waals surface area contributed by atoms with Gasteiger partial charge in [0.05, 0.1) is 4.92 Å². The monoisotopic (exact) mass is 198 g/mol. The smallest absolute Gasteiger partial charge is 0.310 e. The fourth-order valence-corrected chi connectivity index (χ4v) is 0.619. The van der Waals surface area contributed by atoms with E-state index in [0.29, 0.717) is 0 Å². The number of amides is 1. The molecule has 1 aromatic carbocycles. The number of aromatic hydroxyl groups is 1. The standard InChI is InChI=1S/C6H5NO3.C2H5NO/c8-6-4-2-1-3-5(6)7(9)10;1-2(3)4/h1-4,8H;1H3,(H2,3,4). The lowest BCUT2D eigenvalue weighted by atomic mass is 10.3. The Morgan fingerprint density at radius 3 is 2.21 bits per heavy atom. The number of phenolic OH excluding ortho intramolecular Hbond substituents is 1. The van der Waals surface area contributed by atoms with Crippen molar-refractivity contribution in [2.75, 3.05) is 0 Å². The third-order valence-electron chi connectivity index (χ3n) is 1.08. The lowest BCUT2D eigenvalue weighted by Gasteiger charge is -1.91. The molecular weight excluding hydrogens is 188 g/mol. The number of para-hydroxylation sites is 2.